The Bertz CT molecular complexity index is 955. The van der Waals surface area contributed by atoms with Crippen LogP contribution in [-0.4, -0.2) is 64.7 Å². The third-order valence-electron chi connectivity index (χ3n) is 5.01. The summed E-state index contributed by atoms with van der Waals surface area (Å²) in [5, 5.41) is 12.2. The van der Waals surface area contributed by atoms with Gasteiger partial charge < -0.3 is 20.1 Å². The Morgan fingerprint density at radius 3 is 2.39 bits per heavy atom. The van der Waals surface area contributed by atoms with Gasteiger partial charge in [-0.05, 0) is 60.3 Å². The van der Waals surface area contributed by atoms with E-state index in [9.17, 15) is 27.9 Å². The Morgan fingerprint density at radius 1 is 1.12 bits per heavy atom. The van der Waals surface area contributed by atoms with E-state index in [0.717, 1.165) is 5.56 Å². The zero-order valence-electron chi connectivity index (χ0n) is 17.8. The number of ether oxygens (including phenoxy) is 1. The molecule has 1 aliphatic rings. The third-order valence-corrected chi connectivity index (χ3v) is 6.16. The predicted octanol–water partition coefficient (Wildman–Crippen LogP) is 3.19. The van der Waals surface area contributed by atoms with Crippen molar-refractivity contribution in [2.75, 3.05) is 26.2 Å². The fourth-order valence-corrected chi connectivity index (χ4v) is 4.31. The van der Waals surface area contributed by atoms with Gasteiger partial charge in [0, 0.05) is 38.0 Å². The Kier molecular flexibility index (Phi) is 8.09. The van der Waals surface area contributed by atoms with Gasteiger partial charge in [-0.15, -0.1) is 13.2 Å². The van der Waals surface area contributed by atoms with E-state index in [0.29, 0.717) is 31.0 Å². The van der Waals surface area contributed by atoms with Crippen LogP contribution in [0.2, 0.25) is 0 Å². The topological polar surface area (TPSA) is 82.1 Å². The molecule has 2 amide bonds. The molecule has 1 saturated heterocycles. The van der Waals surface area contributed by atoms with Crippen molar-refractivity contribution in [1.82, 2.24) is 14.5 Å². The van der Waals surface area contributed by atoms with Crippen molar-refractivity contribution in [2.24, 2.45) is 0 Å². The number of nitrogens with one attached hydrogen (secondary N) is 1. The van der Waals surface area contributed by atoms with Crippen molar-refractivity contribution < 1.29 is 32.6 Å². The summed E-state index contributed by atoms with van der Waals surface area (Å²) < 4.78 is 42.8. The molecule has 178 valence electrons. The van der Waals surface area contributed by atoms with Gasteiger partial charge in [-0.2, -0.15) is 0 Å². The lowest BCUT2D eigenvalue weighted by Crippen LogP contribution is -2.57. The lowest BCUT2D eigenvalue weighted by molar-refractivity contribution is -0.274. The largest absolute Gasteiger partial charge is 0.573 e. The zero-order valence-corrected chi connectivity index (χ0v) is 18.7. The highest BCUT2D eigenvalue weighted by atomic mass is 32.2. The highest BCUT2D eigenvalue weighted by Gasteiger charge is 2.34. The molecule has 1 fully saturated rings. The van der Waals surface area contributed by atoms with Crippen LogP contribution in [0.5, 0.6) is 11.5 Å². The van der Waals surface area contributed by atoms with E-state index in [1.54, 1.807) is 29.2 Å². The minimum absolute atomic E-state index is 0.129. The van der Waals surface area contributed by atoms with E-state index >= 15 is 0 Å². The second-order valence-electron chi connectivity index (χ2n) is 7.44. The van der Waals surface area contributed by atoms with Gasteiger partial charge in [0.15, 0.2) is 0 Å². The van der Waals surface area contributed by atoms with Crippen molar-refractivity contribution in [2.45, 2.75) is 30.6 Å². The van der Waals surface area contributed by atoms with Crippen LogP contribution in [0.3, 0.4) is 0 Å². The Labute approximate surface area is 193 Å². The first-order valence-electron chi connectivity index (χ1n) is 10.2. The summed E-state index contributed by atoms with van der Waals surface area (Å²) in [6.07, 6.45) is -4.19. The second-order valence-corrected chi connectivity index (χ2v) is 8.56. The summed E-state index contributed by atoms with van der Waals surface area (Å²) in [4.78, 5) is 27.0. The second kappa shape index (κ2) is 10.8. The quantitative estimate of drug-likeness (QED) is 0.589. The van der Waals surface area contributed by atoms with Gasteiger partial charge >= 0.3 is 6.36 Å². The highest BCUT2D eigenvalue weighted by molar-refractivity contribution is 7.97. The summed E-state index contributed by atoms with van der Waals surface area (Å²) in [5.74, 6) is -0.531. The number of rotatable bonds is 7. The molecule has 0 aromatic heterocycles. The molecule has 2 aromatic rings. The number of piperazine rings is 1. The molecule has 1 aliphatic heterocycles. The monoisotopic (exact) mass is 483 g/mol. The maximum Gasteiger partial charge on any atom is 0.573 e. The van der Waals surface area contributed by atoms with Gasteiger partial charge in [0.1, 0.15) is 17.5 Å². The first-order valence-corrected chi connectivity index (χ1v) is 11.0. The van der Waals surface area contributed by atoms with Crippen LogP contribution in [-0.2, 0) is 16.0 Å². The maximum absolute atomic E-state index is 12.9. The number of nitrogens with zero attached hydrogens (tertiary/aromatic N) is 2. The molecule has 0 aliphatic carbocycles. The molecule has 0 radical (unpaired) electrons. The molecule has 11 heteroatoms. The molecular formula is C22H24F3N3O4S. The number of hydrogen-bond donors (Lipinski definition) is 2. The summed E-state index contributed by atoms with van der Waals surface area (Å²) in [6, 6.07) is 11.5. The van der Waals surface area contributed by atoms with Crippen molar-refractivity contribution in [1.29, 1.82) is 0 Å². The highest BCUT2D eigenvalue weighted by Crippen LogP contribution is 2.30. The van der Waals surface area contributed by atoms with Gasteiger partial charge in [0.25, 0.3) is 0 Å². The van der Waals surface area contributed by atoms with E-state index in [-0.39, 0.29) is 29.9 Å². The number of halogens is 3. The molecule has 33 heavy (non-hydrogen) atoms. The van der Waals surface area contributed by atoms with Crippen LogP contribution < -0.4 is 10.1 Å². The van der Waals surface area contributed by atoms with Crippen molar-refractivity contribution in [3.8, 4) is 11.5 Å². The van der Waals surface area contributed by atoms with E-state index in [2.05, 4.69) is 10.1 Å². The van der Waals surface area contributed by atoms with Gasteiger partial charge in [0.05, 0.1) is 0 Å². The Hall–Kier alpha value is -2.92. The molecule has 2 aromatic carbocycles. The number of phenolic OH excluding ortho intramolecular Hbond substituents is 1. The normalized spacial score (nSPS) is 17.0. The fraction of sp³-hybridized carbons (Fsp3) is 0.364. The number of phenols is 1. The number of carbonyl (C=O) groups excluding carboxylic acids is 2. The maximum atomic E-state index is 12.9. The summed E-state index contributed by atoms with van der Waals surface area (Å²) in [6.45, 7) is 2.89. The minimum atomic E-state index is -4.76. The molecule has 1 atom stereocenters. The number of amides is 2. The number of carbonyl (C=O) groups is 2. The molecule has 0 spiro atoms. The fourth-order valence-electron chi connectivity index (χ4n) is 3.32. The smallest absolute Gasteiger partial charge is 0.508 e. The summed E-state index contributed by atoms with van der Waals surface area (Å²) in [5.41, 5.74) is 0.953. The van der Waals surface area contributed by atoms with Gasteiger partial charge in [-0.3, -0.25) is 9.59 Å². The number of benzene rings is 2. The van der Waals surface area contributed by atoms with Gasteiger partial charge in [-0.25, -0.2) is 4.31 Å². The standard InChI is InChI=1S/C22H24F3N3O4S/c1-15(29)27-12-13-28(33-19-8-6-18(7-9-19)32-22(23,24)25)20(14-27)21(31)26-11-10-16-2-4-17(30)5-3-16/h2-9,20,30H,10-14H2,1H3,(H,26,31)/t20-/m1/s1. The average Bonchev–Trinajstić information content (AvgIpc) is 2.75. The molecule has 0 bridgehead atoms. The van der Waals surface area contributed by atoms with Crippen molar-refractivity contribution >= 4 is 23.8 Å². The van der Waals surface area contributed by atoms with E-state index in [1.807, 2.05) is 4.31 Å². The molecule has 3 rings (SSSR count). The van der Waals surface area contributed by atoms with Gasteiger partial charge in [0.2, 0.25) is 11.8 Å². The van der Waals surface area contributed by atoms with E-state index in [4.69, 9.17) is 0 Å². The molecule has 7 nitrogen and oxygen atoms in total. The SMILES string of the molecule is CC(=O)N1CCN(Sc2ccc(OC(F)(F)F)cc2)[C@@H](C(=O)NCCc2ccc(O)cc2)C1. The van der Waals surface area contributed by atoms with Gasteiger partial charge in [-0.1, -0.05) is 12.1 Å². The number of aromatic hydroxyl groups is 1. The van der Waals surface area contributed by atoms with E-state index < -0.39 is 12.4 Å². The average molecular weight is 484 g/mol. The molecular weight excluding hydrogens is 459 g/mol. The Morgan fingerprint density at radius 2 is 1.79 bits per heavy atom. The zero-order chi connectivity index (χ0) is 24.0. The van der Waals surface area contributed by atoms with Crippen LogP contribution in [0.15, 0.2) is 53.4 Å². The van der Waals surface area contributed by atoms with Crippen LogP contribution >= 0.6 is 11.9 Å². The van der Waals surface area contributed by atoms with E-state index in [1.165, 1.54) is 43.1 Å². The number of alkyl halides is 3. The van der Waals surface area contributed by atoms with Crippen molar-refractivity contribution in [3.05, 3.63) is 54.1 Å². The first-order chi connectivity index (χ1) is 15.6. The lowest BCUT2D eigenvalue weighted by Gasteiger charge is -2.39. The number of hydrogen-bond acceptors (Lipinski definition) is 6. The van der Waals surface area contributed by atoms with Crippen LogP contribution in [0.25, 0.3) is 0 Å². The Balaban J connectivity index is 1.62. The first kappa shape index (κ1) is 24.7. The molecule has 1 heterocycles. The minimum Gasteiger partial charge on any atom is -0.508 e. The summed E-state index contributed by atoms with van der Waals surface area (Å²) >= 11 is 1.24. The van der Waals surface area contributed by atoms with Crippen LogP contribution in [0.4, 0.5) is 13.2 Å². The molecule has 0 saturated carbocycles. The molecule has 2 N–H and O–H groups in total. The predicted molar refractivity (Wildman–Crippen MR) is 117 cm³/mol. The van der Waals surface area contributed by atoms with Crippen LogP contribution in [0.1, 0.15) is 12.5 Å². The third kappa shape index (κ3) is 7.57. The molecule has 0 unspecified atom stereocenters. The van der Waals surface area contributed by atoms with Crippen molar-refractivity contribution in [3.63, 3.8) is 0 Å². The summed E-state index contributed by atoms with van der Waals surface area (Å²) in [7, 11) is 0. The van der Waals surface area contributed by atoms with Crippen LogP contribution in [0, 0.1) is 0 Å². The lowest BCUT2D eigenvalue weighted by atomic mass is 10.1.